The maximum atomic E-state index is 11.9. The van der Waals surface area contributed by atoms with Crippen LogP contribution in [0.5, 0.6) is 0 Å². The second-order valence-corrected chi connectivity index (χ2v) is 5.60. The Balaban J connectivity index is 2.42. The van der Waals surface area contributed by atoms with Crippen molar-refractivity contribution in [3.05, 3.63) is 0 Å². The number of hydrogen-bond acceptors (Lipinski definition) is 4. The van der Waals surface area contributed by atoms with Crippen LogP contribution >= 0.6 is 0 Å². The van der Waals surface area contributed by atoms with Crippen LogP contribution in [0, 0.1) is 11.3 Å². The van der Waals surface area contributed by atoms with Gasteiger partial charge in [0.2, 0.25) is 0 Å². The number of carbonyl (C=O) groups is 1. The van der Waals surface area contributed by atoms with Crippen molar-refractivity contribution in [3.8, 4) is 0 Å². The van der Waals surface area contributed by atoms with E-state index in [0.717, 1.165) is 44.9 Å². The minimum absolute atomic E-state index is 0.0737. The first kappa shape index (κ1) is 15.4. The summed E-state index contributed by atoms with van der Waals surface area (Å²) in [4.78, 5) is 11.9. The topological polar surface area (TPSA) is 66.8 Å². The molecule has 2 N–H and O–H groups in total. The van der Waals surface area contributed by atoms with Gasteiger partial charge in [-0.2, -0.15) is 0 Å². The summed E-state index contributed by atoms with van der Waals surface area (Å²) < 4.78 is 4.94. The molecule has 0 bridgehead atoms. The van der Waals surface area contributed by atoms with Gasteiger partial charge in [0.15, 0.2) is 0 Å². The average molecular weight is 258 g/mol. The first-order chi connectivity index (χ1) is 8.55. The van der Waals surface area contributed by atoms with Gasteiger partial charge < -0.3 is 14.9 Å². The maximum Gasteiger partial charge on any atom is 0.311 e. The molecule has 0 amide bonds. The van der Waals surface area contributed by atoms with E-state index in [1.807, 2.05) is 6.92 Å². The third-order valence-electron chi connectivity index (χ3n) is 4.34. The Morgan fingerprint density at radius 1 is 1.39 bits per heavy atom. The van der Waals surface area contributed by atoms with Crippen molar-refractivity contribution in [1.82, 2.24) is 0 Å². The van der Waals surface area contributed by atoms with E-state index >= 15 is 0 Å². The van der Waals surface area contributed by atoms with Gasteiger partial charge in [-0.3, -0.25) is 4.79 Å². The summed E-state index contributed by atoms with van der Waals surface area (Å²) >= 11 is 0. The second-order valence-electron chi connectivity index (χ2n) is 5.60. The van der Waals surface area contributed by atoms with E-state index in [0.29, 0.717) is 0 Å². The Morgan fingerprint density at radius 3 is 2.50 bits per heavy atom. The molecular weight excluding hydrogens is 232 g/mol. The van der Waals surface area contributed by atoms with Crippen LogP contribution in [0.15, 0.2) is 0 Å². The monoisotopic (exact) mass is 258 g/mol. The van der Waals surface area contributed by atoms with E-state index in [1.165, 1.54) is 7.11 Å². The Bertz CT molecular complexity index is 259. The third-order valence-corrected chi connectivity index (χ3v) is 4.34. The molecule has 2 atom stereocenters. The van der Waals surface area contributed by atoms with E-state index in [1.54, 1.807) is 0 Å². The SMILES string of the molecule is COC(=O)C1(CCCC(C)C(O)CO)CCCC1. The molecule has 18 heavy (non-hydrogen) atoms. The summed E-state index contributed by atoms with van der Waals surface area (Å²) in [6, 6.07) is 0. The molecule has 0 aromatic heterocycles. The van der Waals surface area contributed by atoms with Crippen molar-refractivity contribution < 1.29 is 19.7 Å². The number of ether oxygens (including phenoxy) is 1. The molecule has 0 aromatic rings. The highest BCUT2D eigenvalue weighted by Crippen LogP contribution is 2.43. The molecule has 1 saturated carbocycles. The molecule has 4 nitrogen and oxygen atoms in total. The van der Waals surface area contributed by atoms with Crippen LogP contribution in [0.25, 0.3) is 0 Å². The number of hydrogen-bond donors (Lipinski definition) is 2. The molecule has 1 fully saturated rings. The highest BCUT2D eigenvalue weighted by molar-refractivity contribution is 5.77. The van der Waals surface area contributed by atoms with E-state index in [9.17, 15) is 9.90 Å². The number of methoxy groups -OCH3 is 1. The lowest BCUT2D eigenvalue weighted by Gasteiger charge is -2.26. The van der Waals surface area contributed by atoms with Gasteiger partial charge in [-0.15, -0.1) is 0 Å². The van der Waals surface area contributed by atoms with E-state index in [2.05, 4.69) is 0 Å². The minimum Gasteiger partial charge on any atom is -0.469 e. The first-order valence-corrected chi connectivity index (χ1v) is 6.93. The number of rotatable bonds is 7. The molecule has 106 valence electrons. The Hall–Kier alpha value is -0.610. The van der Waals surface area contributed by atoms with Crippen molar-refractivity contribution in [2.45, 2.75) is 58.0 Å². The predicted octanol–water partition coefficient (Wildman–Crippen LogP) is 1.88. The molecular formula is C14H26O4. The van der Waals surface area contributed by atoms with Gasteiger partial charge in [-0.1, -0.05) is 26.2 Å². The van der Waals surface area contributed by atoms with Crippen LogP contribution in [0.2, 0.25) is 0 Å². The van der Waals surface area contributed by atoms with E-state index in [4.69, 9.17) is 9.84 Å². The van der Waals surface area contributed by atoms with Crippen molar-refractivity contribution in [2.75, 3.05) is 13.7 Å². The Kier molecular flexibility index (Phi) is 6.09. The van der Waals surface area contributed by atoms with Crippen LogP contribution in [0.4, 0.5) is 0 Å². The summed E-state index contributed by atoms with van der Waals surface area (Å²) in [5.74, 6) is 0.00135. The van der Waals surface area contributed by atoms with Crippen molar-refractivity contribution in [2.24, 2.45) is 11.3 Å². The summed E-state index contributed by atoms with van der Waals surface area (Å²) in [6.07, 6.45) is 5.97. The highest BCUT2D eigenvalue weighted by atomic mass is 16.5. The number of aliphatic hydroxyl groups is 2. The summed E-state index contributed by atoms with van der Waals surface area (Å²) in [5, 5.41) is 18.4. The van der Waals surface area contributed by atoms with Crippen LogP contribution in [-0.4, -0.2) is 36.0 Å². The zero-order chi connectivity index (χ0) is 13.6. The van der Waals surface area contributed by atoms with E-state index in [-0.39, 0.29) is 23.9 Å². The van der Waals surface area contributed by atoms with Crippen LogP contribution in [0.3, 0.4) is 0 Å². The lowest BCUT2D eigenvalue weighted by atomic mass is 9.80. The van der Waals surface area contributed by atoms with Crippen molar-refractivity contribution in [1.29, 1.82) is 0 Å². The molecule has 1 aliphatic carbocycles. The molecule has 2 unspecified atom stereocenters. The Labute approximate surface area is 109 Å². The molecule has 0 saturated heterocycles. The normalized spacial score (nSPS) is 21.6. The predicted molar refractivity (Wildman–Crippen MR) is 69.0 cm³/mol. The first-order valence-electron chi connectivity index (χ1n) is 6.93. The van der Waals surface area contributed by atoms with Crippen molar-refractivity contribution >= 4 is 5.97 Å². The molecule has 0 radical (unpaired) electrons. The standard InChI is InChI=1S/C14H26O4/c1-11(12(16)10-15)6-5-9-14(13(17)18-2)7-3-4-8-14/h11-12,15-16H,3-10H2,1-2H3. The van der Waals surface area contributed by atoms with Gasteiger partial charge in [-0.25, -0.2) is 0 Å². The molecule has 1 rings (SSSR count). The summed E-state index contributed by atoms with van der Waals surface area (Å²) in [5.41, 5.74) is -0.279. The fraction of sp³-hybridized carbons (Fsp3) is 0.929. The molecule has 0 heterocycles. The van der Waals surface area contributed by atoms with Crippen LogP contribution in [-0.2, 0) is 9.53 Å². The average Bonchev–Trinajstić information content (AvgIpc) is 2.86. The van der Waals surface area contributed by atoms with Gasteiger partial charge in [0, 0.05) is 0 Å². The van der Waals surface area contributed by atoms with E-state index < -0.39 is 6.10 Å². The quantitative estimate of drug-likeness (QED) is 0.684. The van der Waals surface area contributed by atoms with Gasteiger partial charge in [-0.05, 0) is 31.6 Å². The zero-order valence-electron chi connectivity index (χ0n) is 11.5. The van der Waals surface area contributed by atoms with Gasteiger partial charge in [0.1, 0.15) is 0 Å². The molecule has 1 aliphatic rings. The van der Waals surface area contributed by atoms with Crippen LogP contribution in [0.1, 0.15) is 51.9 Å². The molecule has 0 aliphatic heterocycles. The molecule has 0 spiro atoms. The number of aliphatic hydroxyl groups excluding tert-OH is 2. The summed E-state index contributed by atoms with van der Waals surface area (Å²) in [7, 11) is 1.46. The highest BCUT2D eigenvalue weighted by Gasteiger charge is 2.41. The molecule has 4 heteroatoms. The minimum atomic E-state index is -0.650. The second kappa shape index (κ2) is 7.10. The number of carbonyl (C=O) groups excluding carboxylic acids is 1. The fourth-order valence-electron chi connectivity index (χ4n) is 2.96. The number of esters is 1. The molecule has 0 aromatic carbocycles. The third kappa shape index (κ3) is 3.69. The lowest BCUT2D eigenvalue weighted by Crippen LogP contribution is -2.30. The van der Waals surface area contributed by atoms with Gasteiger partial charge in [0.25, 0.3) is 0 Å². The smallest absolute Gasteiger partial charge is 0.311 e. The lowest BCUT2D eigenvalue weighted by molar-refractivity contribution is -0.153. The van der Waals surface area contributed by atoms with Crippen molar-refractivity contribution in [3.63, 3.8) is 0 Å². The summed E-state index contributed by atoms with van der Waals surface area (Å²) in [6.45, 7) is 1.74. The maximum absolute atomic E-state index is 11.9. The largest absolute Gasteiger partial charge is 0.469 e. The fourth-order valence-corrected chi connectivity index (χ4v) is 2.96. The van der Waals surface area contributed by atoms with Gasteiger partial charge in [0.05, 0.1) is 25.2 Å². The zero-order valence-corrected chi connectivity index (χ0v) is 11.5. The Morgan fingerprint density at radius 2 is 2.00 bits per heavy atom. The van der Waals surface area contributed by atoms with Crippen LogP contribution < -0.4 is 0 Å². The van der Waals surface area contributed by atoms with Gasteiger partial charge >= 0.3 is 5.97 Å².